The summed E-state index contributed by atoms with van der Waals surface area (Å²) in [6, 6.07) is 13.9. The number of carbonyl (C=O) groups excluding carboxylic acids is 1. The van der Waals surface area contributed by atoms with Gasteiger partial charge in [0.1, 0.15) is 23.2 Å². The van der Waals surface area contributed by atoms with Crippen LogP contribution >= 0.6 is 11.3 Å². The van der Waals surface area contributed by atoms with Gasteiger partial charge < -0.3 is 15.0 Å². The van der Waals surface area contributed by atoms with Gasteiger partial charge in [0.2, 0.25) is 5.01 Å². The maximum atomic E-state index is 12.9. The number of carbonyl (C=O) groups is 1. The Morgan fingerprint density at radius 2 is 2.00 bits per heavy atom. The van der Waals surface area contributed by atoms with Crippen LogP contribution in [0.3, 0.4) is 0 Å². The van der Waals surface area contributed by atoms with Gasteiger partial charge in [-0.1, -0.05) is 35.6 Å². The minimum absolute atomic E-state index is 0.287. The highest BCUT2D eigenvalue weighted by Gasteiger charge is 2.20. The number of amides is 1. The molecule has 27 heavy (non-hydrogen) atoms. The van der Waals surface area contributed by atoms with Crippen molar-refractivity contribution in [2.24, 2.45) is 0 Å². The first-order valence-corrected chi connectivity index (χ1v) is 9.32. The Balaban J connectivity index is 1.38. The van der Waals surface area contributed by atoms with Crippen LogP contribution in [0.1, 0.15) is 20.4 Å². The van der Waals surface area contributed by atoms with Crippen LogP contribution in [0.25, 0.3) is 0 Å². The van der Waals surface area contributed by atoms with E-state index < -0.39 is 0 Å². The number of rotatable bonds is 5. The van der Waals surface area contributed by atoms with Crippen molar-refractivity contribution >= 4 is 22.9 Å². The number of fused-ring (bicyclic) bond motifs is 1. The van der Waals surface area contributed by atoms with E-state index >= 15 is 0 Å². The lowest BCUT2D eigenvalue weighted by Gasteiger charge is -2.30. The Kier molecular flexibility index (Phi) is 4.97. The number of aromatic nitrogens is 2. The summed E-state index contributed by atoms with van der Waals surface area (Å²) in [4.78, 5) is 14.4. The fourth-order valence-electron chi connectivity index (χ4n) is 2.82. The van der Waals surface area contributed by atoms with Crippen LogP contribution in [-0.2, 0) is 13.1 Å². The molecular weight excluding hydrogens is 367 g/mol. The highest BCUT2D eigenvalue weighted by Crippen LogP contribution is 2.32. The molecule has 0 unspecified atom stereocenters. The Labute approximate surface area is 159 Å². The zero-order chi connectivity index (χ0) is 18.6. The van der Waals surface area contributed by atoms with E-state index in [1.807, 2.05) is 24.3 Å². The number of hydrogen-bond acceptors (Lipinski definition) is 6. The molecule has 8 heteroatoms. The second-order valence-corrected chi connectivity index (χ2v) is 7.11. The zero-order valence-corrected chi connectivity index (χ0v) is 15.2. The molecule has 3 aromatic rings. The van der Waals surface area contributed by atoms with Gasteiger partial charge in [0.15, 0.2) is 0 Å². The second kappa shape index (κ2) is 7.71. The number of halogens is 1. The maximum absolute atomic E-state index is 12.9. The first-order chi connectivity index (χ1) is 13.2. The van der Waals surface area contributed by atoms with E-state index in [1.54, 1.807) is 12.1 Å². The van der Waals surface area contributed by atoms with Crippen molar-refractivity contribution in [2.75, 3.05) is 18.1 Å². The topological polar surface area (TPSA) is 67.4 Å². The average Bonchev–Trinajstić information content (AvgIpc) is 3.16. The van der Waals surface area contributed by atoms with E-state index in [2.05, 4.69) is 20.4 Å². The molecule has 1 aliphatic rings. The quantitative estimate of drug-likeness (QED) is 0.733. The lowest BCUT2D eigenvalue weighted by atomic mass is 10.2. The summed E-state index contributed by atoms with van der Waals surface area (Å²) in [5.74, 6) is 0.263. The fourth-order valence-corrected chi connectivity index (χ4v) is 3.60. The van der Waals surface area contributed by atoms with Crippen LogP contribution in [0.2, 0.25) is 0 Å². The van der Waals surface area contributed by atoms with Crippen LogP contribution in [0.4, 0.5) is 10.1 Å². The molecule has 0 saturated heterocycles. The number of para-hydroxylation sites is 2. The van der Waals surface area contributed by atoms with E-state index in [4.69, 9.17) is 4.74 Å². The molecule has 0 radical (unpaired) electrons. The molecule has 1 aliphatic heterocycles. The van der Waals surface area contributed by atoms with Gasteiger partial charge in [-0.25, -0.2) is 4.39 Å². The van der Waals surface area contributed by atoms with Crippen molar-refractivity contribution in [3.63, 3.8) is 0 Å². The molecule has 0 aliphatic carbocycles. The third kappa shape index (κ3) is 4.06. The van der Waals surface area contributed by atoms with Gasteiger partial charge in [-0.3, -0.25) is 4.79 Å². The molecule has 1 amide bonds. The highest BCUT2D eigenvalue weighted by molar-refractivity contribution is 7.13. The van der Waals surface area contributed by atoms with Crippen molar-refractivity contribution in [1.82, 2.24) is 15.5 Å². The molecule has 0 saturated carbocycles. The van der Waals surface area contributed by atoms with Gasteiger partial charge in [0.25, 0.3) is 5.91 Å². The molecule has 0 spiro atoms. The summed E-state index contributed by atoms with van der Waals surface area (Å²) in [6.45, 7) is 2.25. The summed E-state index contributed by atoms with van der Waals surface area (Å²) in [7, 11) is 0. The van der Waals surface area contributed by atoms with Gasteiger partial charge in [-0.05, 0) is 29.8 Å². The van der Waals surface area contributed by atoms with Crippen LogP contribution in [-0.4, -0.2) is 29.3 Å². The SMILES string of the molecule is O=C(NCc1ccc(F)cc1)c1nnc(CN2CCOc3ccccc32)s1. The summed E-state index contributed by atoms with van der Waals surface area (Å²) >= 11 is 1.27. The summed E-state index contributed by atoms with van der Waals surface area (Å²) in [5.41, 5.74) is 1.83. The molecule has 6 nitrogen and oxygen atoms in total. The number of anilines is 1. The van der Waals surface area contributed by atoms with Crippen molar-refractivity contribution in [2.45, 2.75) is 13.1 Å². The third-order valence-electron chi connectivity index (χ3n) is 4.18. The molecule has 4 rings (SSSR count). The smallest absolute Gasteiger partial charge is 0.282 e. The normalized spacial score (nSPS) is 13.0. The molecule has 2 aromatic carbocycles. The molecule has 1 aromatic heterocycles. The summed E-state index contributed by atoms with van der Waals surface area (Å²) in [5, 5.41) is 12.0. The molecule has 138 valence electrons. The number of nitrogens with one attached hydrogen (secondary N) is 1. The summed E-state index contributed by atoms with van der Waals surface area (Å²) < 4.78 is 18.6. The second-order valence-electron chi connectivity index (χ2n) is 6.05. The maximum Gasteiger partial charge on any atom is 0.282 e. The number of hydrogen-bond donors (Lipinski definition) is 1. The Morgan fingerprint density at radius 3 is 2.85 bits per heavy atom. The van der Waals surface area contributed by atoms with Gasteiger partial charge in [-0.2, -0.15) is 0 Å². The van der Waals surface area contributed by atoms with Crippen LogP contribution in [0, 0.1) is 5.82 Å². The van der Waals surface area contributed by atoms with Gasteiger partial charge >= 0.3 is 0 Å². The predicted molar refractivity (Wildman–Crippen MR) is 100 cm³/mol. The van der Waals surface area contributed by atoms with E-state index in [0.717, 1.165) is 28.6 Å². The molecule has 0 bridgehead atoms. The first kappa shape index (κ1) is 17.4. The average molecular weight is 384 g/mol. The van der Waals surface area contributed by atoms with Crippen LogP contribution in [0.15, 0.2) is 48.5 Å². The van der Waals surface area contributed by atoms with Crippen LogP contribution < -0.4 is 15.0 Å². The Bertz CT molecular complexity index is 945. The number of ether oxygens (including phenoxy) is 1. The largest absolute Gasteiger partial charge is 0.490 e. The predicted octanol–water partition coefficient (Wildman–Crippen LogP) is 3.01. The number of benzene rings is 2. The van der Waals surface area contributed by atoms with E-state index in [0.29, 0.717) is 24.7 Å². The van der Waals surface area contributed by atoms with Gasteiger partial charge in [0.05, 0.1) is 18.8 Å². The van der Waals surface area contributed by atoms with Crippen LogP contribution in [0.5, 0.6) is 5.75 Å². The Hall–Kier alpha value is -3.00. The molecule has 0 atom stereocenters. The van der Waals surface area contributed by atoms with Crippen molar-refractivity contribution in [1.29, 1.82) is 0 Å². The van der Waals surface area contributed by atoms with Crippen molar-refractivity contribution < 1.29 is 13.9 Å². The lowest BCUT2D eigenvalue weighted by Crippen LogP contribution is -2.32. The third-order valence-corrected chi connectivity index (χ3v) is 5.09. The van der Waals surface area contributed by atoms with Gasteiger partial charge in [-0.15, -0.1) is 10.2 Å². The molecular formula is C19H17FN4O2S. The zero-order valence-electron chi connectivity index (χ0n) is 14.4. The monoisotopic (exact) mass is 384 g/mol. The van der Waals surface area contributed by atoms with Gasteiger partial charge in [0, 0.05) is 6.54 Å². The van der Waals surface area contributed by atoms with Crippen molar-refractivity contribution in [3.8, 4) is 5.75 Å². The fraction of sp³-hybridized carbons (Fsp3) is 0.211. The molecule has 1 N–H and O–H groups in total. The summed E-state index contributed by atoms with van der Waals surface area (Å²) in [6.07, 6.45) is 0. The van der Waals surface area contributed by atoms with Crippen molar-refractivity contribution in [3.05, 3.63) is 69.9 Å². The highest BCUT2D eigenvalue weighted by atomic mass is 32.1. The minimum atomic E-state index is -0.302. The van der Waals surface area contributed by atoms with E-state index in [-0.39, 0.29) is 11.7 Å². The lowest BCUT2D eigenvalue weighted by molar-refractivity contribution is 0.0950. The van der Waals surface area contributed by atoms with E-state index in [9.17, 15) is 9.18 Å². The number of nitrogens with zero attached hydrogens (tertiary/aromatic N) is 3. The minimum Gasteiger partial charge on any atom is -0.490 e. The van der Waals surface area contributed by atoms with E-state index in [1.165, 1.54) is 23.5 Å². The Morgan fingerprint density at radius 1 is 1.19 bits per heavy atom. The first-order valence-electron chi connectivity index (χ1n) is 8.51. The molecule has 2 heterocycles. The standard InChI is InChI=1S/C19H17FN4O2S/c20-14-7-5-13(6-8-14)11-21-18(25)19-23-22-17(27-19)12-24-9-10-26-16-4-2-1-3-15(16)24/h1-8H,9-12H2,(H,21,25). The molecule has 0 fully saturated rings.